The van der Waals surface area contributed by atoms with Gasteiger partial charge in [-0.1, -0.05) is 27.7 Å². The van der Waals surface area contributed by atoms with Crippen LogP contribution in [0.4, 0.5) is 13.2 Å². The summed E-state index contributed by atoms with van der Waals surface area (Å²) in [6, 6.07) is 8.91. The summed E-state index contributed by atoms with van der Waals surface area (Å²) in [7, 11) is 0. The van der Waals surface area contributed by atoms with Gasteiger partial charge in [0.2, 0.25) is 11.8 Å². The summed E-state index contributed by atoms with van der Waals surface area (Å²) in [4.78, 5) is 54.8. The number of imide groups is 2. The van der Waals surface area contributed by atoms with Crippen molar-refractivity contribution in [3.8, 4) is 0 Å². The van der Waals surface area contributed by atoms with E-state index in [4.69, 9.17) is 0 Å². The summed E-state index contributed by atoms with van der Waals surface area (Å²) in [5, 5.41) is 2.60. The van der Waals surface area contributed by atoms with Crippen molar-refractivity contribution in [1.82, 2.24) is 15.2 Å². The Morgan fingerprint density at radius 1 is 1.00 bits per heavy atom. The minimum atomic E-state index is -4.65. The first-order chi connectivity index (χ1) is 16.5. The van der Waals surface area contributed by atoms with E-state index >= 15 is 0 Å². The van der Waals surface area contributed by atoms with E-state index in [0.717, 1.165) is 22.7 Å². The van der Waals surface area contributed by atoms with Crippen LogP contribution in [0.5, 0.6) is 0 Å². The number of hydrogen-bond acceptors (Lipinski definition) is 6. The number of benzene rings is 2. The SMILES string of the molecule is O=C1CCC(N2C(=O)c3ccc(Sc4cc(C(F)(F)F)nc5ccc(Br)cc45)cc3C2=O)C(=O)N1. The number of pyridine rings is 1. The van der Waals surface area contributed by atoms with E-state index in [2.05, 4.69) is 26.2 Å². The average molecular weight is 564 g/mol. The monoisotopic (exact) mass is 563 g/mol. The Kier molecular flexibility index (Phi) is 5.67. The van der Waals surface area contributed by atoms with Crippen molar-refractivity contribution in [1.29, 1.82) is 0 Å². The summed E-state index contributed by atoms with van der Waals surface area (Å²) in [6.07, 6.45) is -4.63. The molecule has 4 amide bonds. The van der Waals surface area contributed by atoms with Crippen molar-refractivity contribution in [3.05, 3.63) is 63.8 Å². The summed E-state index contributed by atoms with van der Waals surface area (Å²) >= 11 is 4.31. The lowest BCUT2D eigenvalue weighted by Crippen LogP contribution is -2.54. The Bertz CT molecular complexity index is 1460. The first-order valence-electron chi connectivity index (χ1n) is 10.2. The lowest BCUT2D eigenvalue weighted by Gasteiger charge is -2.27. The lowest BCUT2D eigenvalue weighted by molar-refractivity contribution is -0.141. The molecule has 5 rings (SSSR count). The van der Waals surface area contributed by atoms with Gasteiger partial charge in [0.25, 0.3) is 11.8 Å². The molecule has 2 aliphatic heterocycles. The highest BCUT2D eigenvalue weighted by Crippen LogP contribution is 2.40. The number of halogens is 4. The molecule has 7 nitrogen and oxygen atoms in total. The number of hydrogen-bond donors (Lipinski definition) is 1. The zero-order valence-electron chi connectivity index (χ0n) is 17.5. The van der Waals surface area contributed by atoms with Crippen LogP contribution in [0.3, 0.4) is 0 Å². The number of carbonyl (C=O) groups excluding carboxylic acids is 4. The average Bonchev–Trinajstić information content (AvgIpc) is 3.03. The van der Waals surface area contributed by atoms with Crippen LogP contribution in [-0.4, -0.2) is 39.6 Å². The van der Waals surface area contributed by atoms with Crippen LogP contribution in [-0.2, 0) is 15.8 Å². The fourth-order valence-corrected chi connectivity index (χ4v) is 5.41. The molecule has 1 saturated heterocycles. The molecule has 1 aromatic heterocycles. The van der Waals surface area contributed by atoms with Crippen LogP contribution < -0.4 is 5.32 Å². The Hall–Kier alpha value is -3.25. The predicted molar refractivity (Wildman–Crippen MR) is 122 cm³/mol. The molecular formula is C23H13BrF3N3O4S. The normalized spacial score (nSPS) is 18.3. The Balaban J connectivity index is 1.51. The molecule has 1 N–H and O–H groups in total. The van der Waals surface area contributed by atoms with E-state index in [1.54, 1.807) is 12.1 Å². The van der Waals surface area contributed by atoms with Crippen LogP contribution in [0.15, 0.2) is 56.7 Å². The number of alkyl halides is 3. The van der Waals surface area contributed by atoms with Gasteiger partial charge in [0.15, 0.2) is 0 Å². The van der Waals surface area contributed by atoms with E-state index in [1.165, 1.54) is 24.3 Å². The largest absolute Gasteiger partial charge is 0.433 e. The third kappa shape index (κ3) is 4.20. The standard InChI is InChI=1S/C23H13BrF3N3O4S/c24-10-1-4-15-14(7-10)17(9-18(28-15)23(25,26)27)35-11-2-3-12-13(8-11)22(34)30(21(12)33)16-5-6-19(31)29-20(16)32/h1-4,7-9,16H,5-6H2,(H,29,31,32). The van der Waals surface area contributed by atoms with Crippen LogP contribution in [0.1, 0.15) is 39.3 Å². The van der Waals surface area contributed by atoms with Crippen molar-refractivity contribution < 1.29 is 32.3 Å². The molecule has 12 heteroatoms. The van der Waals surface area contributed by atoms with Gasteiger partial charge in [0.05, 0.1) is 16.6 Å². The molecule has 3 aromatic rings. The molecule has 3 heterocycles. The maximum Gasteiger partial charge on any atom is 0.433 e. The molecule has 0 radical (unpaired) electrons. The van der Waals surface area contributed by atoms with Gasteiger partial charge in [-0.2, -0.15) is 13.2 Å². The Morgan fingerprint density at radius 3 is 2.46 bits per heavy atom. The van der Waals surface area contributed by atoms with Gasteiger partial charge in [-0.05, 0) is 48.9 Å². The first kappa shape index (κ1) is 23.5. The van der Waals surface area contributed by atoms with Gasteiger partial charge in [-0.3, -0.25) is 29.4 Å². The molecule has 0 spiro atoms. The zero-order chi connectivity index (χ0) is 25.1. The molecule has 0 aliphatic carbocycles. The van der Waals surface area contributed by atoms with E-state index < -0.39 is 41.5 Å². The topological polar surface area (TPSA) is 96.4 Å². The predicted octanol–water partition coefficient (Wildman–Crippen LogP) is 4.57. The zero-order valence-corrected chi connectivity index (χ0v) is 19.9. The van der Waals surface area contributed by atoms with E-state index in [0.29, 0.717) is 14.8 Å². The molecule has 178 valence electrons. The second-order valence-electron chi connectivity index (χ2n) is 7.92. The Labute approximate surface area is 208 Å². The highest BCUT2D eigenvalue weighted by Gasteiger charge is 2.44. The number of rotatable bonds is 3. The fourth-order valence-electron chi connectivity index (χ4n) is 4.04. The Morgan fingerprint density at radius 2 is 1.74 bits per heavy atom. The molecule has 0 bridgehead atoms. The first-order valence-corrected chi connectivity index (χ1v) is 11.8. The van der Waals surface area contributed by atoms with Gasteiger partial charge < -0.3 is 0 Å². The second kappa shape index (κ2) is 8.45. The second-order valence-corrected chi connectivity index (χ2v) is 9.95. The van der Waals surface area contributed by atoms with Crippen LogP contribution in [0, 0.1) is 0 Å². The quantitative estimate of drug-likeness (QED) is 0.469. The van der Waals surface area contributed by atoms with Crippen molar-refractivity contribution in [3.63, 3.8) is 0 Å². The number of nitrogens with one attached hydrogen (secondary N) is 1. The molecule has 0 saturated carbocycles. The summed E-state index contributed by atoms with van der Waals surface area (Å²) in [5.74, 6) is -2.55. The molecule has 1 unspecified atom stereocenters. The van der Waals surface area contributed by atoms with Gasteiger partial charge in [-0.25, -0.2) is 4.98 Å². The molecule has 2 aromatic carbocycles. The molecular weight excluding hydrogens is 551 g/mol. The highest BCUT2D eigenvalue weighted by molar-refractivity contribution is 9.10. The van der Waals surface area contributed by atoms with Crippen molar-refractivity contribution in [2.45, 2.75) is 34.9 Å². The van der Waals surface area contributed by atoms with Gasteiger partial charge in [-0.15, -0.1) is 0 Å². The number of piperidine rings is 1. The molecule has 1 atom stereocenters. The number of nitrogens with zero attached hydrogens (tertiary/aromatic N) is 2. The third-order valence-corrected chi connectivity index (χ3v) is 7.20. The summed E-state index contributed by atoms with van der Waals surface area (Å²) in [5.41, 5.74) is -0.768. The van der Waals surface area contributed by atoms with Crippen LogP contribution >= 0.6 is 27.7 Å². The number of amides is 4. The van der Waals surface area contributed by atoms with Gasteiger partial charge in [0.1, 0.15) is 11.7 Å². The lowest BCUT2D eigenvalue weighted by atomic mass is 10.0. The molecule has 35 heavy (non-hydrogen) atoms. The number of carbonyl (C=O) groups is 4. The maximum atomic E-state index is 13.4. The number of aromatic nitrogens is 1. The fraction of sp³-hybridized carbons (Fsp3) is 0.174. The summed E-state index contributed by atoms with van der Waals surface area (Å²) in [6.45, 7) is 0. The van der Waals surface area contributed by atoms with E-state index in [9.17, 15) is 32.3 Å². The molecule has 1 fully saturated rings. The molecule has 2 aliphatic rings. The van der Waals surface area contributed by atoms with Crippen LogP contribution in [0.2, 0.25) is 0 Å². The third-order valence-electron chi connectivity index (χ3n) is 5.66. The van der Waals surface area contributed by atoms with E-state index in [-0.39, 0.29) is 34.4 Å². The minimum Gasteiger partial charge on any atom is -0.295 e. The minimum absolute atomic E-state index is 0.00285. The number of fused-ring (bicyclic) bond motifs is 2. The van der Waals surface area contributed by atoms with Crippen molar-refractivity contribution in [2.24, 2.45) is 0 Å². The van der Waals surface area contributed by atoms with E-state index in [1.807, 2.05) is 0 Å². The van der Waals surface area contributed by atoms with Crippen molar-refractivity contribution in [2.75, 3.05) is 0 Å². The van der Waals surface area contributed by atoms with Crippen LogP contribution in [0.25, 0.3) is 10.9 Å². The highest BCUT2D eigenvalue weighted by atomic mass is 79.9. The van der Waals surface area contributed by atoms with Gasteiger partial charge in [0, 0.05) is 26.1 Å². The van der Waals surface area contributed by atoms with Gasteiger partial charge >= 0.3 is 6.18 Å². The summed E-state index contributed by atoms with van der Waals surface area (Å²) < 4.78 is 41.0. The maximum absolute atomic E-state index is 13.4. The van der Waals surface area contributed by atoms with Crippen molar-refractivity contribution >= 4 is 62.2 Å². The smallest absolute Gasteiger partial charge is 0.295 e.